The van der Waals surface area contributed by atoms with Crippen molar-refractivity contribution in [2.45, 2.75) is 43.4 Å². The van der Waals surface area contributed by atoms with Crippen LogP contribution in [0.25, 0.3) is 0 Å². The highest BCUT2D eigenvalue weighted by atomic mass is 32.2. The number of amides is 2. The van der Waals surface area contributed by atoms with Crippen molar-refractivity contribution in [1.29, 1.82) is 0 Å². The fraction of sp³-hybridized carbons (Fsp3) is 0.364. The third kappa shape index (κ3) is 4.23. The lowest BCUT2D eigenvalue weighted by Crippen LogP contribution is -2.29. The molecule has 8 nitrogen and oxygen atoms in total. The number of benzene rings is 2. The van der Waals surface area contributed by atoms with Crippen LogP contribution in [0.2, 0.25) is 0 Å². The summed E-state index contributed by atoms with van der Waals surface area (Å²) in [6, 6.07) is 10.2. The molecule has 0 bridgehead atoms. The lowest BCUT2D eigenvalue weighted by atomic mass is 10.2. The molecule has 2 heterocycles. The maximum absolute atomic E-state index is 13.0. The summed E-state index contributed by atoms with van der Waals surface area (Å²) in [4.78, 5) is 25.9. The molecule has 31 heavy (non-hydrogen) atoms. The Kier molecular flexibility index (Phi) is 5.62. The first-order valence-electron chi connectivity index (χ1n) is 10.1. The van der Waals surface area contributed by atoms with Crippen molar-refractivity contribution in [2.24, 2.45) is 0 Å². The second-order valence-electron chi connectivity index (χ2n) is 7.74. The van der Waals surface area contributed by atoms with Crippen LogP contribution in [-0.4, -0.2) is 38.8 Å². The number of hydrogen-bond donors (Lipinski definition) is 1. The van der Waals surface area contributed by atoms with Gasteiger partial charge in [-0.25, -0.2) is 8.42 Å². The van der Waals surface area contributed by atoms with E-state index in [1.807, 2.05) is 6.07 Å². The zero-order valence-electron chi connectivity index (χ0n) is 17.4. The average molecular weight is 445 g/mol. The minimum Gasteiger partial charge on any atom is -0.454 e. The first kappa shape index (κ1) is 21.2. The van der Waals surface area contributed by atoms with Gasteiger partial charge in [0.05, 0.1) is 10.1 Å². The van der Waals surface area contributed by atoms with Crippen molar-refractivity contribution in [3.05, 3.63) is 47.5 Å². The van der Waals surface area contributed by atoms with Gasteiger partial charge in [-0.05, 0) is 54.8 Å². The zero-order valence-corrected chi connectivity index (χ0v) is 18.2. The number of rotatable bonds is 6. The SMILES string of the molecule is CC(=O)N1CCc2cc(S(=O)(=O)[C@H](C)CC(=O)NCc3ccc4c(c3)OCO4)ccc21. The maximum atomic E-state index is 13.0. The Bertz CT molecular complexity index is 1140. The molecular formula is C22H24N2O6S. The number of fused-ring (bicyclic) bond motifs is 2. The van der Waals surface area contributed by atoms with E-state index in [1.54, 1.807) is 29.2 Å². The van der Waals surface area contributed by atoms with E-state index >= 15 is 0 Å². The number of nitrogens with zero attached hydrogens (tertiary/aromatic N) is 1. The quantitative estimate of drug-likeness (QED) is 0.733. The molecule has 2 aliphatic rings. The topological polar surface area (TPSA) is 102 Å². The Morgan fingerprint density at radius 2 is 1.90 bits per heavy atom. The van der Waals surface area contributed by atoms with Crippen molar-refractivity contribution >= 4 is 27.3 Å². The molecule has 1 atom stereocenters. The Morgan fingerprint density at radius 3 is 2.68 bits per heavy atom. The molecule has 1 N–H and O–H groups in total. The summed E-state index contributed by atoms with van der Waals surface area (Å²) in [6.07, 6.45) is 0.464. The van der Waals surface area contributed by atoms with Gasteiger partial charge in [-0.2, -0.15) is 0 Å². The summed E-state index contributed by atoms with van der Waals surface area (Å²) in [5, 5.41) is 1.88. The lowest BCUT2D eigenvalue weighted by molar-refractivity contribution is -0.121. The Balaban J connectivity index is 1.39. The van der Waals surface area contributed by atoms with Crippen molar-refractivity contribution in [1.82, 2.24) is 5.32 Å². The van der Waals surface area contributed by atoms with Gasteiger partial charge in [0, 0.05) is 32.1 Å². The zero-order chi connectivity index (χ0) is 22.2. The highest BCUT2D eigenvalue weighted by Gasteiger charge is 2.29. The van der Waals surface area contributed by atoms with Crippen LogP contribution in [0.15, 0.2) is 41.3 Å². The number of nitrogens with one attached hydrogen (secondary N) is 1. The third-order valence-corrected chi connectivity index (χ3v) is 7.72. The van der Waals surface area contributed by atoms with Gasteiger partial charge in [-0.1, -0.05) is 6.07 Å². The molecule has 2 amide bonds. The largest absolute Gasteiger partial charge is 0.454 e. The van der Waals surface area contributed by atoms with Gasteiger partial charge in [-0.3, -0.25) is 9.59 Å². The van der Waals surface area contributed by atoms with E-state index in [2.05, 4.69) is 5.32 Å². The molecule has 0 saturated heterocycles. The molecule has 2 aliphatic heterocycles. The molecule has 0 unspecified atom stereocenters. The maximum Gasteiger partial charge on any atom is 0.231 e. The van der Waals surface area contributed by atoms with Gasteiger partial charge in [-0.15, -0.1) is 0 Å². The summed E-state index contributed by atoms with van der Waals surface area (Å²) in [6.45, 7) is 4.01. The number of hydrogen-bond acceptors (Lipinski definition) is 6. The summed E-state index contributed by atoms with van der Waals surface area (Å²) in [5.41, 5.74) is 2.41. The van der Waals surface area contributed by atoms with Crippen LogP contribution < -0.4 is 19.7 Å². The van der Waals surface area contributed by atoms with Gasteiger partial charge >= 0.3 is 0 Å². The van der Waals surface area contributed by atoms with Crippen molar-refractivity contribution in [3.8, 4) is 11.5 Å². The van der Waals surface area contributed by atoms with E-state index in [4.69, 9.17) is 9.47 Å². The summed E-state index contributed by atoms with van der Waals surface area (Å²) in [5.74, 6) is 0.873. The standard InChI is InChI=1S/C22H24N2O6S/c1-14(9-22(26)23-12-16-3-6-20-21(10-16)30-13-29-20)31(27,28)18-4-5-19-17(11-18)7-8-24(19)15(2)25/h3-6,10-11,14H,7-9,12-13H2,1-2H3,(H,23,26)/t14-/m1/s1. The first-order valence-corrected chi connectivity index (χ1v) is 11.6. The van der Waals surface area contributed by atoms with Gasteiger partial charge < -0.3 is 19.7 Å². The van der Waals surface area contributed by atoms with Crippen LogP contribution in [0.3, 0.4) is 0 Å². The minimum atomic E-state index is -3.69. The fourth-order valence-corrected chi connectivity index (χ4v) is 5.21. The molecule has 9 heteroatoms. The van der Waals surface area contributed by atoms with E-state index < -0.39 is 15.1 Å². The average Bonchev–Trinajstić information content (AvgIpc) is 3.37. The molecule has 2 aromatic rings. The van der Waals surface area contributed by atoms with Crippen LogP contribution in [0.5, 0.6) is 11.5 Å². The van der Waals surface area contributed by atoms with Crippen molar-refractivity contribution < 1.29 is 27.5 Å². The molecule has 0 spiro atoms. The van der Waals surface area contributed by atoms with Crippen LogP contribution >= 0.6 is 0 Å². The molecule has 4 rings (SSSR count). The Hall–Kier alpha value is -3.07. The number of carbonyl (C=O) groups is 2. The fourth-order valence-electron chi connectivity index (χ4n) is 3.81. The second kappa shape index (κ2) is 8.22. The van der Waals surface area contributed by atoms with E-state index in [0.29, 0.717) is 24.5 Å². The first-order chi connectivity index (χ1) is 14.8. The Labute approximate surface area is 181 Å². The number of anilines is 1. The van der Waals surface area contributed by atoms with Gasteiger partial charge in [0.1, 0.15) is 0 Å². The lowest BCUT2D eigenvalue weighted by Gasteiger charge is -2.16. The third-order valence-electron chi connectivity index (χ3n) is 5.58. The van der Waals surface area contributed by atoms with E-state index in [-0.39, 0.29) is 36.5 Å². The molecule has 0 fully saturated rings. The van der Waals surface area contributed by atoms with E-state index in [9.17, 15) is 18.0 Å². The van der Waals surface area contributed by atoms with Gasteiger partial charge in [0.25, 0.3) is 0 Å². The number of ether oxygens (including phenoxy) is 2. The monoisotopic (exact) mass is 444 g/mol. The van der Waals surface area contributed by atoms with Gasteiger partial charge in [0.15, 0.2) is 21.3 Å². The molecular weight excluding hydrogens is 420 g/mol. The molecule has 2 aromatic carbocycles. The molecule has 0 aliphatic carbocycles. The van der Waals surface area contributed by atoms with E-state index in [0.717, 1.165) is 16.8 Å². The molecule has 0 radical (unpaired) electrons. The van der Waals surface area contributed by atoms with Crippen LogP contribution in [0.4, 0.5) is 5.69 Å². The highest BCUT2D eigenvalue weighted by Crippen LogP contribution is 2.33. The van der Waals surface area contributed by atoms with Crippen molar-refractivity contribution in [2.75, 3.05) is 18.2 Å². The predicted octanol–water partition coefficient (Wildman–Crippen LogP) is 2.19. The molecule has 0 aromatic heterocycles. The van der Waals surface area contributed by atoms with Crippen LogP contribution in [0, 0.1) is 0 Å². The highest BCUT2D eigenvalue weighted by molar-refractivity contribution is 7.92. The number of sulfone groups is 1. The minimum absolute atomic E-state index is 0.0677. The molecule has 0 saturated carbocycles. The summed E-state index contributed by atoms with van der Waals surface area (Å²) >= 11 is 0. The second-order valence-corrected chi connectivity index (χ2v) is 10.1. The van der Waals surface area contributed by atoms with Crippen LogP contribution in [-0.2, 0) is 32.4 Å². The normalized spacial score (nSPS) is 15.5. The predicted molar refractivity (Wildman–Crippen MR) is 114 cm³/mol. The van der Waals surface area contributed by atoms with Gasteiger partial charge in [0.2, 0.25) is 18.6 Å². The summed E-state index contributed by atoms with van der Waals surface area (Å²) in [7, 11) is -3.69. The van der Waals surface area contributed by atoms with Crippen LogP contribution in [0.1, 0.15) is 31.4 Å². The molecule has 164 valence electrons. The van der Waals surface area contributed by atoms with Crippen molar-refractivity contribution in [3.63, 3.8) is 0 Å². The van der Waals surface area contributed by atoms with E-state index in [1.165, 1.54) is 19.9 Å². The number of carbonyl (C=O) groups excluding carboxylic acids is 2. The summed E-state index contributed by atoms with van der Waals surface area (Å²) < 4.78 is 36.6. The smallest absolute Gasteiger partial charge is 0.231 e. The Morgan fingerprint density at radius 1 is 1.13 bits per heavy atom.